The second-order valence-electron chi connectivity index (χ2n) is 6.63. The van der Waals surface area contributed by atoms with Crippen LogP contribution < -0.4 is 0 Å². The van der Waals surface area contributed by atoms with Crippen LogP contribution in [0.25, 0.3) is 15.7 Å². The summed E-state index contributed by atoms with van der Waals surface area (Å²) in [4.78, 5) is 18.4. The van der Waals surface area contributed by atoms with E-state index in [-0.39, 0.29) is 12.6 Å². The van der Waals surface area contributed by atoms with Gasteiger partial charge in [-0.3, -0.25) is 5.10 Å². The highest BCUT2D eigenvalue weighted by Gasteiger charge is 2.44. The van der Waals surface area contributed by atoms with Crippen LogP contribution in [-0.4, -0.2) is 47.4 Å². The molecule has 3 aliphatic rings. The first-order valence-corrected chi connectivity index (χ1v) is 8.49. The number of esters is 1. The van der Waals surface area contributed by atoms with Gasteiger partial charge < -0.3 is 14.4 Å². The average molecular weight is 348 g/mol. The number of fused-ring (bicyclic) bond motifs is 3. The van der Waals surface area contributed by atoms with Crippen LogP contribution in [0, 0.1) is 13.5 Å². The van der Waals surface area contributed by atoms with E-state index in [9.17, 15) is 4.79 Å². The molecular formula is C19H16N4O3. The molecule has 7 heteroatoms. The highest BCUT2D eigenvalue weighted by atomic mass is 16.5. The molecule has 5 rings (SSSR count). The van der Waals surface area contributed by atoms with Gasteiger partial charge in [-0.1, -0.05) is 6.07 Å². The second-order valence-corrected chi connectivity index (χ2v) is 6.63. The van der Waals surface area contributed by atoms with Crippen molar-refractivity contribution in [1.29, 1.82) is 0 Å². The highest BCUT2D eigenvalue weighted by molar-refractivity contribution is 5.95. The lowest BCUT2D eigenvalue weighted by Crippen LogP contribution is -2.39. The van der Waals surface area contributed by atoms with E-state index in [0.717, 1.165) is 33.6 Å². The minimum Gasteiger partial charge on any atom is -0.456 e. The van der Waals surface area contributed by atoms with Crippen molar-refractivity contribution < 1.29 is 14.3 Å². The maximum atomic E-state index is 12.5. The third-order valence-electron chi connectivity index (χ3n) is 5.31. The number of cyclic esters (lactones) is 1. The predicted molar refractivity (Wildman–Crippen MR) is 92.7 cm³/mol. The van der Waals surface area contributed by atoms with E-state index >= 15 is 0 Å². The number of rotatable bonds is 1. The molecule has 0 saturated carbocycles. The van der Waals surface area contributed by atoms with E-state index in [1.165, 1.54) is 0 Å². The van der Waals surface area contributed by atoms with E-state index in [1.807, 2.05) is 30.0 Å². The summed E-state index contributed by atoms with van der Waals surface area (Å²) < 4.78 is 10.9. The van der Waals surface area contributed by atoms with E-state index in [0.29, 0.717) is 31.0 Å². The number of benzene rings is 1. The van der Waals surface area contributed by atoms with Crippen LogP contribution in [0.3, 0.4) is 0 Å². The van der Waals surface area contributed by atoms with Crippen molar-refractivity contribution in [3.63, 3.8) is 0 Å². The molecule has 3 aliphatic heterocycles. The SMILES string of the molecule is [C-]#[N+]C1=C2COCCN2C2=C(C(=O)OC2)C1c1ccc2[nH]nc(C)c2c1. The van der Waals surface area contributed by atoms with E-state index in [4.69, 9.17) is 16.0 Å². The number of nitrogens with one attached hydrogen (secondary N) is 1. The number of hydrogen-bond donors (Lipinski definition) is 1. The lowest BCUT2D eigenvalue weighted by atomic mass is 9.83. The van der Waals surface area contributed by atoms with Gasteiger partial charge in [0.15, 0.2) is 5.70 Å². The number of morpholine rings is 1. The molecule has 1 saturated heterocycles. The van der Waals surface area contributed by atoms with Gasteiger partial charge in [0.25, 0.3) is 0 Å². The zero-order valence-electron chi connectivity index (χ0n) is 14.2. The molecule has 1 N–H and O–H groups in total. The third-order valence-corrected chi connectivity index (χ3v) is 5.31. The van der Waals surface area contributed by atoms with Gasteiger partial charge in [-0.25, -0.2) is 9.64 Å². The summed E-state index contributed by atoms with van der Waals surface area (Å²) in [6.07, 6.45) is 0. The van der Waals surface area contributed by atoms with Gasteiger partial charge in [-0.2, -0.15) is 5.10 Å². The fraction of sp³-hybridized carbons (Fsp3) is 0.316. The first-order valence-electron chi connectivity index (χ1n) is 8.49. The van der Waals surface area contributed by atoms with Crippen molar-refractivity contribution in [2.45, 2.75) is 12.8 Å². The van der Waals surface area contributed by atoms with Crippen molar-refractivity contribution in [2.75, 3.05) is 26.4 Å². The van der Waals surface area contributed by atoms with Crippen molar-refractivity contribution in [2.24, 2.45) is 0 Å². The second kappa shape index (κ2) is 5.44. The minimum absolute atomic E-state index is 0.256. The standard InChI is InChI=1S/C19H16N4O3/c1-10-12-7-11(3-4-13(12)22-21-10)16-17-14(9-26-19(17)24)23-5-6-25-8-15(23)18(16)20-2/h3-4,7,16H,5-6,8-9H2,1H3,(H,21,22). The summed E-state index contributed by atoms with van der Waals surface area (Å²) in [6, 6.07) is 5.91. The molecule has 0 amide bonds. The van der Waals surface area contributed by atoms with Gasteiger partial charge in [0.05, 0.1) is 48.2 Å². The molecule has 0 spiro atoms. The van der Waals surface area contributed by atoms with Crippen molar-refractivity contribution in [1.82, 2.24) is 15.1 Å². The molecule has 26 heavy (non-hydrogen) atoms. The number of ether oxygens (including phenoxy) is 2. The van der Waals surface area contributed by atoms with Crippen molar-refractivity contribution >= 4 is 16.9 Å². The van der Waals surface area contributed by atoms with E-state index in [1.54, 1.807) is 0 Å². The molecule has 1 fully saturated rings. The molecule has 1 atom stereocenters. The molecule has 1 aromatic carbocycles. The number of carbonyl (C=O) groups is 1. The Morgan fingerprint density at radius 2 is 2.23 bits per heavy atom. The summed E-state index contributed by atoms with van der Waals surface area (Å²) in [6.45, 7) is 11.6. The fourth-order valence-corrected chi connectivity index (χ4v) is 4.06. The molecular weight excluding hydrogens is 332 g/mol. The van der Waals surface area contributed by atoms with Crippen LogP contribution in [0.15, 0.2) is 40.9 Å². The van der Waals surface area contributed by atoms with E-state index in [2.05, 4.69) is 15.0 Å². The fourth-order valence-electron chi connectivity index (χ4n) is 4.06. The third kappa shape index (κ3) is 1.96. The Morgan fingerprint density at radius 1 is 1.35 bits per heavy atom. The quantitative estimate of drug-likeness (QED) is 0.632. The molecule has 4 heterocycles. The van der Waals surface area contributed by atoms with Crippen LogP contribution in [0.1, 0.15) is 17.2 Å². The number of hydrogen-bond acceptors (Lipinski definition) is 5. The van der Waals surface area contributed by atoms with Crippen LogP contribution >= 0.6 is 0 Å². The Bertz CT molecular complexity index is 1060. The average Bonchev–Trinajstić information content (AvgIpc) is 3.24. The minimum atomic E-state index is -0.427. The van der Waals surface area contributed by atoms with E-state index < -0.39 is 5.92 Å². The molecule has 0 aliphatic carbocycles. The lowest BCUT2D eigenvalue weighted by molar-refractivity contribution is -0.136. The number of nitrogens with zero attached hydrogens (tertiary/aromatic N) is 3. The number of carbonyl (C=O) groups excluding carboxylic acids is 1. The summed E-state index contributed by atoms with van der Waals surface area (Å²) in [5, 5.41) is 8.22. The molecule has 7 nitrogen and oxygen atoms in total. The zero-order valence-corrected chi connectivity index (χ0v) is 14.2. The van der Waals surface area contributed by atoms with Crippen LogP contribution in [0.4, 0.5) is 0 Å². The largest absolute Gasteiger partial charge is 0.456 e. The van der Waals surface area contributed by atoms with Gasteiger partial charge in [0.1, 0.15) is 6.61 Å². The predicted octanol–water partition coefficient (Wildman–Crippen LogP) is 2.24. The molecule has 1 aromatic heterocycles. The number of aromatic nitrogens is 2. The van der Waals surface area contributed by atoms with Crippen LogP contribution in [0.5, 0.6) is 0 Å². The number of H-pyrrole nitrogens is 1. The van der Waals surface area contributed by atoms with Gasteiger partial charge in [-0.15, -0.1) is 0 Å². The first kappa shape index (κ1) is 15.2. The Balaban J connectivity index is 1.75. The summed E-state index contributed by atoms with van der Waals surface area (Å²) >= 11 is 0. The van der Waals surface area contributed by atoms with Gasteiger partial charge in [0, 0.05) is 17.6 Å². The van der Waals surface area contributed by atoms with Gasteiger partial charge in [-0.05, 0) is 24.6 Å². The van der Waals surface area contributed by atoms with Gasteiger partial charge in [0.2, 0.25) is 0 Å². The van der Waals surface area contributed by atoms with Crippen molar-refractivity contribution in [3.8, 4) is 0 Å². The summed E-state index contributed by atoms with van der Waals surface area (Å²) in [7, 11) is 0. The molecule has 1 unspecified atom stereocenters. The maximum absolute atomic E-state index is 12.5. The topological polar surface area (TPSA) is 71.8 Å². The number of aryl methyl sites for hydroxylation is 1. The maximum Gasteiger partial charge on any atom is 0.335 e. The Labute approximate surface area is 149 Å². The Morgan fingerprint density at radius 3 is 3.08 bits per heavy atom. The zero-order chi connectivity index (χ0) is 17.8. The monoisotopic (exact) mass is 348 g/mol. The molecule has 0 bridgehead atoms. The first-order chi connectivity index (χ1) is 12.7. The lowest BCUT2D eigenvalue weighted by Gasteiger charge is -2.38. The number of aromatic amines is 1. The molecule has 0 radical (unpaired) electrons. The summed E-state index contributed by atoms with van der Waals surface area (Å²) in [5.74, 6) is -0.759. The molecule has 2 aromatic rings. The Hall–Kier alpha value is -3.11. The highest BCUT2D eigenvalue weighted by Crippen LogP contribution is 2.46. The summed E-state index contributed by atoms with van der Waals surface area (Å²) in [5.41, 5.74) is 5.57. The smallest absolute Gasteiger partial charge is 0.335 e. The van der Waals surface area contributed by atoms with Crippen LogP contribution in [-0.2, 0) is 14.3 Å². The molecule has 130 valence electrons. The number of allylic oxidation sites excluding steroid dienone is 1. The normalized spacial score (nSPS) is 22.4. The van der Waals surface area contributed by atoms with Crippen molar-refractivity contribution in [3.05, 3.63) is 63.5 Å². The van der Waals surface area contributed by atoms with Gasteiger partial charge >= 0.3 is 5.97 Å². The Kier molecular flexibility index (Phi) is 3.18. The van der Waals surface area contributed by atoms with Crippen LogP contribution in [0.2, 0.25) is 0 Å².